The molecule has 0 aliphatic carbocycles. The number of hydrogen-bond acceptors (Lipinski definition) is 3. The average molecular weight is 324 g/mol. The number of aromatic carboxylic acids is 1. The summed E-state index contributed by atoms with van der Waals surface area (Å²) in [6.45, 7) is 0. The van der Waals surface area contributed by atoms with E-state index in [0.29, 0.717) is 12.1 Å². The molecule has 1 heterocycles. The second kappa shape index (κ2) is 7.24. The maximum Gasteiger partial charge on any atom is 0.335 e. The first-order valence-corrected chi connectivity index (χ1v) is 7.67. The number of anilines is 1. The fourth-order valence-electron chi connectivity index (χ4n) is 1.84. The summed E-state index contributed by atoms with van der Waals surface area (Å²) in [4.78, 5) is 23.9. The van der Waals surface area contributed by atoms with E-state index < -0.39 is 5.97 Å². The van der Waals surface area contributed by atoms with Crippen molar-refractivity contribution < 1.29 is 14.7 Å². The van der Waals surface area contributed by atoms with E-state index >= 15 is 0 Å². The van der Waals surface area contributed by atoms with Crippen LogP contribution in [-0.2, 0) is 11.2 Å². The topological polar surface area (TPSA) is 66.4 Å². The molecular weight excluding hydrogens is 310 g/mol. The number of carbonyl (C=O) groups excluding carboxylic acids is 1. The van der Waals surface area contributed by atoms with Gasteiger partial charge in [0.1, 0.15) is 0 Å². The van der Waals surface area contributed by atoms with Crippen LogP contribution in [-0.4, -0.2) is 17.0 Å². The molecule has 0 spiro atoms. The van der Waals surface area contributed by atoms with Gasteiger partial charge in [0.15, 0.2) is 0 Å². The largest absolute Gasteiger partial charge is 0.478 e. The Labute approximate surface area is 131 Å². The Balaban J connectivity index is 1.86. The molecule has 0 aliphatic heterocycles. The van der Waals surface area contributed by atoms with Crippen LogP contribution in [0.3, 0.4) is 0 Å². The number of carbonyl (C=O) groups is 2. The van der Waals surface area contributed by atoms with Gasteiger partial charge in [-0.3, -0.25) is 4.79 Å². The number of hydrogen-bond donors (Lipinski definition) is 2. The number of amides is 1. The molecule has 6 heteroatoms. The van der Waals surface area contributed by atoms with E-state index in [0.717, 1.165) is 12.8 Å². The predicted molar refractivity (Wildman–Crippen MR) is 84.3 cm³/mol. The Bertz CT molecular complexity index is 640. The van der Waals surface area contributed by atoms with Crippen LogP contribution in [0.4, 0.5) is 5.69 Å². The van der Waals surface area contributed by atoms with Gasteiger partial charge in [0.05, 0.1) is 16.3 Å². The second-order valence-corrected chi connectivity index (χ2v) is 5.92. The molecular formula is C15H14ClNO3S. The molecule has 0 fully saturated rings. The maximum absolute atomic E-state index is 11.8. The lowest BCUT2D eigenvalue weighted by molar-refractivity contribution is -0.116. The van der Waals surface area contributed by atoms with Crippen molar-refractivity contribution in [1.82, 2.24) is 0 Å². The van der Waals surface area contributed by atoms with Crippen molar-refractivity contribution in [3.8, 4) is 0 Å². The minimum Gasteiger partial charge on any atom is -0.478 e. The summed E-state index contributed by atoms with van der Waals surface area (Å²) in [6.07, 6.45) is 2.03. The van der Waals surface area contributed by atoms with Gasteiger partial charge in [-0.2, -0.15) is 0 Å². The van der Waals surface area contributed by atoms with Crippen molar-refractivity contribution in [3.63, 3.8) is 0 Å². The number of rotatable bonds is 6. The van der Waals surface area contributed by atoms with Crippen LogP contribution in [0.2, 0.25) is 5.02 Å². The molecule has 0 unspecified atom stereocenters. The number of thiophene rings is 1. The molecule has 2 aromatic rings. The van der Waals surface area contributed by atoms with Gasteiger partial charge in [-0.15, -0.1) is 11.3 Å². The highest BCUT2D eigenvalue weighted by Crippen LogP contribution is 2.23. The molecule has 1 aromatic heterocycles. The van der Waals surface area contributed by atoms with Crippen molar-refractivity contribution in [2.24, 2.45) is 0 Å². The summed E-state index contributed by atoms with van der Waals surface area (Å²) in [7, 11) is 0. The first-order valence-electron chi connectivity index (χ1n) is 6.41. The molecule has 0 saturated heterocycles. The minimum atomic E-state index is -1.05. The first kappa shape index (κ1) is 15.5. The molecule has 21 heavy (non-hydrogen) atoms. The van der Waals surface area contributed by atoms with Gasteiger partial charge < -0.3 is 10.4 Å². The highest BCUT2D eigenvalue weighted by Gasteiger charge is 2.09. The molecule has 1 amide bonds. The summed E-state index contributed by atoms with van der Waals surface area (Å²) in [5.41, 5.74) is 0.526. The number of nitrogens with one attached hydrogen (secondary N) is 1. The zero-order valence-electron chi connectivity index (χ0n) is 11.1. The predicted octanol–water partition coefficient (Wildman–Crippen LogP) is 4.06. The lowest BCUT2D eigenvalue weighted by atomic mass is 10.2. The van der Waals surface area contributed by atoms with E-state index in [2.05, 4.69) is 5.32 Å². The Kier molecular flexibility index (Phi) is 5.36. The summed E-state index contributed by atoms with van der Waals surface area (Å²) in [6, 6.07) is 8.28. The van der Waals surface area contributed by atoms with Gasteiger partial charge >= 0.3 is 5.97 Å². The molecule has 0 atom stereocenters. The van der Waals surface area contributed by atoms with Crippen LogP contribution in [0.25, 0.3) is 0 Å². The molecule has 2 N–H and O–H groups in total. The van der Waals surface area contributed by atoms with Crippen molar-refractivity contribution >= 4 is 40.5 Å². The van der Waals surface area contributed by atoms with Crippen molar-refractivity contribution in [2.45, 2.75) is 19.3 Å². The lowest BCUT2D eigenvalue weighted by Crippen LogP contribution is -2.12. The van der Waals surface area contributed by atoms with E-state index in [1.165, 1.54) is 23.1 Å². The van der Waals surface area contributed by atoms with E-state index in [4.69, 9.17) is 16.7 Å². The summed E-state index contributed by atoms with van der Waals surface area (Å²) in [5.74, 6) is -1.18. The smallest absolute Gasteiger partial charge is 0.335 e. The quantitative estimate of drug-likeness (QED) is 0.842. The standard InChI is InChI=1S/C15H14ClNO3S/c16-12-9-10(15(19)20)6-7-13(12)17-14(18)5-1-3-11-4-2-8-21-11/h2,4,6-9H,1,3,5H2,(H,17,18)(H,19,20). The maximum atomic E-state index is 11.8. The van der Waals surface area contributed by atoms with Crippen LogP contribution in [0, 0.1) is 0 Å². The monoisotopic (exact) mass is 323 g/mol. The number of carboxylic acid groups (broad SMARTS) is 1. The number of aryl methyl sites for hydroxylation is 1. The van der Waals surface area contributed by atoms with E-state index in [9.17, 15) is 9.59 Å². The molecule has 0 aliphatic rings. The highest BCUT2D eigenvalue weighted by molar-refractivity contribution is 7.09. The molecule has 0 saturated carbocycles. The molecule has 4 nitrogen and oxygen atoms in total. The third-order valence-corrected chi connectivity index (χ3v) is 4.15. The Morgan fingerprint density at radius 3 is 2.71 bits per heavy atom. The third kappa shape index (κ3) is 4.58. The van der Waals surface area contributed by atoms with Crippen LogP contribution in [0.5, 0.6) is 0 Å². The van der Waals surface area contributed by atoms with E-state index in [-0.39, 0.29) is 16.5 Å². The number of benzene rings is 1. The van der Waals surface area contributed by atoms with Gasteiger partial charge in [0.25, 0.3) is 0 Å². The lowest BCUT2D eigenvalue weighted by Gasteiger charge is -2.07. The number of halogens is 1. The minimum absolute atomic E-state index is 0.0932. The van der Waals surface area contributed by atoms with Crippen molar-refractivity contribution in [1.29, 1.82) is 0 Å². The zero-order chi connectivity index (χ0) is 15.2. The summed E-state index contributed by atoms with van der Waals surface area (Å²) in [5, 5.41) is 13.8. The average Bonchev–Trinajstić information content (AvgIpc) is 2.94. The Morgan fingerprint density at radius 1 is 1.29 bits per heavy atom. The SMILES string of the molecule is O=C(CCCc1cccs1)Nc1ccc(C(=O)O)cc1Cl. The molecule has 1 aromatic carbocycles. The molecule has 110 valence electrons. The van der Waals surface area contributed by atoms with E-state index in [1.807, 2.05) is 17.5 Å². The normalized spacial score (nSPS) is 10.3. The second-order valence-electron chi connectivity index (χ2n) is 4.48. The highest BCUT2D eigenvalue weighted by atomic mass is 35.5. The zero-order valence-corrected chi connectivity index (χ0v) is 12.7. The fraction of sp³-hybridized carbons (Fsp3) is 0.200. The molecule has 2 rings (SSSR count). The van der Waals surface area contributed by atoms with Crippen LogP contribution >= 0.6 is 22.9 Å². The van der Waals surface area contributed by atoms with Gasteiger partial charge in [0, 0.05) is 11.3 Å². The summed E-state index contributed by atoms with van der Waals surface area (Å²) >= 11 is 7.63. The van der Waals surface area contributed by atoms with Gasteiger partial charge in [-0.1, -0.05) is 17.7 Å². The van der Waals surface area contributed by atoms with Crippen LogP contribution < -0.4 is 5.32 Å². The first-order chi connectivity index (χ1) is 10.1. The summed E-state index contributed by atoms with van der Waals surface area (Å²) < 4.78 is 0. The van der Waals surface area contributed by atoms with Gasteiger partial charge in [-0.25, -0.2) is 4.79 Å². The van der Waals surface area contributed by atoms with Crippen molar-refractivity contribution in [2.75, 3.05) is 5.32 Å². The van der Waals surface area contributed by atoms with Crippen LogP contribution in [0.15, 0.2) is 35.7 Å². The van der Waals surface area contributed by atoms with Crippen LogP contribution in [0.1, 0.15) is 28.1 Å². The Hall–Kier alpha value is -1.85. The fourth-order valence-corrected chi connectivity index (χ4v) is 2.82. The molecule has 0 radical (unpaired) electrons. The number of carboxylic acids is 1. The van der Waals surface area contributed by atoms with Crippen molar-refractivity contribution in [3.05, 3.63) is 51.2 Å². The third-order valence-electron chi connectivity index (χ3n) is 2.90. The Morgan fingerprint density at radius 2 is 2.10 bits per heavy atom. The van der Waals surface area contributed by atoms with Gasteiger partial charge in [0.2, 0.25) is 5.91 Å². The molecule has 0 bridgehead atoms. The van der Waals surface area contributed by atoms with Gasteiger partial charge in [-0.05, 0) is 42.5 Å². The van der Waals surface area contributed by atoms with E-state index in [1.54, 1.807) is 11.3 Å².